The molecular weight excluding hydrogens is 257 g/mol. The van der Waals surface area contributed by atoms with Crippen LogP contribution in [0.3, 0.4) is 0 Å². The summed E-state index contributed by atoms with van der Waals surface area (Å²) in [5, 5.41) is 0. The van der Waals surface area contributed by atoms with E-state index in [2.05, 4.69) is 0 Å². The van der Waals surface area contributed by atoms with E-state index in [9.17, 15) is 21.6 Å². The predicted molar refractivity (Wildman–Crippen MR) is 57.9 cm³/mol. The standard InChI is InChI=1S/C9H17F3N2O2S/c1-8(2,3)13-4-6-14(7-5-13)17(15,16)9(10,11)12/h4-7H2,1-3H3. The smallest absolute Gasteiger partial charge is 0.296 e. The van der Waals surface area contributed by atoms with Crippen LogP contribution in [0.2, 0.25) is 0 Å². The monoisotopic (exact) mass is 274 g/mol. The predicted octanol–water partition coefficient (Wildman–Crippen LogP) is 1.25. The van der Waals surface area contributed by atoms with Crippen molar-refractivity contribution in [3.8, 4) is 0 Å². The zero-order chi connectivity index (χ0) is 13.5. The van der Waals surface area contributed by atoms with Crippen molar-refractivity contribution in [1.82, 2.24) is 9.21 Å². The molecule has 0 N–H and O–H groups in total. The molecule has 0 aromatic heterocycles. The Hall–Kier alpha value is -0.340. The number of piperazine rings is 1. The van der Waals surface area contributed by atoms with Crippen molar-refractivity contribution < 1.29 is 21.6 Å². The Morgan fingerprint density at radius 2 is 1.35 bits per heavy atom. The molecule has 0 bridgehead atoms. The first-order valence-electron chi connectivity index (χ1n) is 5.28. The Bertz CT molecular complexity index is 365. The fourth-order valence-electron chi connectivity index (χ4n) is 1.75. The van der Waals surface area contributed by atoms with E-state index in [1.807, 2.05) is 25.7 Å². The molecule has 1 aliphatic rings. The molecule has 0 saturated carbocycles. The van der Waals surface area contributed by atoms with Gasteiger partial charge in [0, 0.05) is 31.7 Å². The van der Waals surface area contributed by atoms with Gasteiger partial charge in [0.15, 0.2) is 0 Å². The third-order valence-corrected chi connectivity index (χ3v) is 4.45. The molecule has 1 saturated heterocycles. The molecular formula is C9H17F3N2O2S. The summed E-state index contributed by atoms with van der Waals surface area (Å²) in [4.78, 5) is 1.97. The summed E-state index contributed by atoms with van der Waals surface area (Å²) in [6.07, 6.45) is 0. The molecule has 0 amide bonds. The highest BCUT2D eigenvalue weighted by molar-refractivity contribution is 7.90. The van der Waals surface area contributed by atoms with E-state index in [-0.39, 0.29) is 18.6 Å². The summed E-state index contributed by atoms with van der Waals surface area (Å²) in [5.74, 6) is 0. The number of alkyl halides is 3. The first-order valence-corrected chi connectivity index (χ1v) is 6.72. The zero-order valence-corrected chi connectivity index (χ0v) is 10.9. The van der Waals surface area contributed by atoms with Crippen molar-refractivity contribution in [3.63, 3.8) is 0 Å². The summed E-state index contributed by atoms with van der Waals surface area (Å²) in [5.41, 5.74) is -5.36. The molecule has 0 aromatic rings. The Morgan fingerprint density at radius 3 is 1.65 bits per heavy atom. The third-order valence-electron chi connectivity index (χ3n) is 2.82. The highest BCUT2D eigenvalue weighted by atomic mass is 32.2. The van der Waals surface area contributed by atoms with E-state index < -0.39 is 15.5 Å². The topological polar surface area (TPSA) is 40.6 Å². The first-order chi connectivity index (χ1) is 7.46. The lowest BCUT2D eigenvalue weighted by Gasteiger charge is -2.41. The fourth-order valence-corrected chi connectivity index (χ4v) is 2.68. The van der Waals surface area contributed by atoms with Crippen LogP contribution in [0.4, 0.5) is 13.2 Å². The molecule has 1 fully saturated rings. The van der Waals surface area contributed by atoms with Crippen LogP contribution in [0.25, 0.3) is 0 Å². The minimum Gasteiger partial charge on any atom is -0.296 e. The SMILES string of the molecule is CC(C)(C)N1CCN(S(=O)(=O)C(F)(F)F)CC1. The molecule has 8 heteroatoms. The average Bonchev–Trinajstić information content (AvgIpc) is 2.15. The van der Waals surface area contributed by atoms with Gasteiger partial charge in [0.1, 0.15) is 0 Å². The molecule has 102 valence electrons. The number of halogens is 3. The summed E-state index contributed by atoms with van der Waals surface area (Å²) >= 11 is 0. The molecule has 0 radical (unpaired) electrons. The van der Waals surface area contributed by atoms with E-state index in [0.29, 0.717) is 17.4 Å². The highest BCUT2D eigenvalue weighted by Gasteiger charge is 2.50. The van der Waals surface area contributed by atoms with Crippen molar-refractivity contribution >= 4 is 10.0 Å². The molecule has 4 nitrogen and oxygen atoms in total. The minimum absolute atomic E-state index is 0.112. The minimum atomic E-state index is -5.20. The second-order valence-corrected chi connectivity index (χ2v) is 6.94. The van der Waals surface area contributed by atoms with Gasteiger partial charge in [-0.05, 0) is 20.8 Å². The second-order valence-electron chi connectivity index (χ2n) is 5.01. The second kappa shape index (κ2) is 4.40. The summed E-state index contributed by atoms with van der Waals surface area (Å²) in [6.45, 7) is 6.25. The average molecular weight is 274 g/mol. The maximum absolute atomic E-state index is 12.3. The van der Waals surface area contributed by atoms with Gasteiger partial charge in [-0.1, -0.05) is 0 Å². The van der Waals surface area contributed by atoms with Gasteiger partial charge in [0.05, 0.1) is 0 Å². The molecule has 1 heterocycles. The van der Waals surface area contributed by atoms with E-state index in [0.717, 1.165) is 0 Å². The molecule has 0 spiro atoms. The van der Waals surface area contributed by atoms with E-state index >= 15 is 0 Å². The fraction of sp³-hybridized carbons (Fsp3) is 1.00. The number of hydrogen-bond donors (Lipinski definition) is 0. The van der Waals surface area contributed by atoms with E-state index in [1.165, 1.54) is 0 Å². The van der Waals surface area contributed by atoms with Crippen LogP contribution >= 0.6 is 0 Å². The largest absolute Gasteiger partial charge is 0.511 e. The summed E-state index contributed by atoms with van der Waals surface area (Å²) in [7, 11) is -5.16. The number of sulfonamides is 1. The van der Waals surface area contributed by atoms with Crippen LogP contribution in [0.1, 0.15) is 20.8 Å². The molecule has 1 aliphatic heterocycles. The van der Waals surface area contributed by atoms with Crippen LogP contribution in [-0.4, -0.2) is 54.8 Å². The van der Waals surface area contributed by atoms with Gasteiger partial charge >= 0.3 is 15.5 Å². The molecule has 0 atom stereocenters. The molecule has 17 heavy (non-hydrogen) atoms. The Morgan fingerprint density at radius 1 is 0.941 bits per heavy atom. The van der Waals surface area contributed by atoms with Crippen molar-refractivity contribution in [2.45, 2.75) is 31.8 Å². The van der Waals surface area contributed by atoms with Crippen molar-refractivity contribution in [3.05, 3.63) is 0 Å². The van der Waals surface area contributed by atoms with Crippen molar-refractivity contribution in [2.24, 2.45) is 0 Å². The van der Waals surface area contributed by atoms with Gasteiger partial charge < -0.3 is 0 Å². The van der Waals surface area contributed by atoms with Gasteiger partial charge in [-0.3, -0.25) is 4.90 Å². The molecule has 0 aromatic carbocycles. The van der Waals surface area contributed by atoms with Gasteiger partial charge in [-0.2, -0.15) is 17.5 Å². The number of hydrogen-bond acceptors (Lipinski definition) is 3. The highest BCUT2D eigenvalue weighted by Crippen LogP contribution is 2.28. The van der Waals surface area contributed by atoms with Gasteiger partial charge in [0.2, 0.25) is 0 Å². The maximum atomic E-state index is 12.3. The first kappa shape index (κ1) is 14.7. The van der Waals surface area contributed by atoms with Gasteiger partial charge in [-0.15, -0.1) is 0 Å². The van der Waals surface area contributed by atoms with Crippen LogP contribution in [-0.2, 0) is 10.0 Å². The molecule has 0 aliphatic carbocycles. The van der Waals surface area contributed by atoms with Gasteiger partial charge in [-0.25, -0.2) is 8.42 Å². The van der Waals surface area contributed by atoms with E-state index in [4.69, 9.17) is 0 Å². The maximum Gasteiger partial charge on any atom is 0.511 e. The lowest BCUT2D eigenvalue weighted by Crippen LogP contribution is -2.56. The van der Waals surface area contributed by atoms with Crippen molar-refractivity contribution in [1.29, 1.82) is 0 Å². The summed E-state index contributed by atoms with van der Waals surface area (Å²) in [6, 6.07) is 0. The van der Waals surface area contributed by atoms with Crippen LogP contribution < -0.4 is 0 Å². The van der Waals surface area contributed by atoms with Crippen LogP contribution in [0, 0.1) is 0 Å². The lowest BCUT2D eigenvalue weighted by atomic mass is 10.1. The molecule has 0 unspecified atom stereocenters. The lowest BCUT2D eigenvalue weighted by molar-refractivity contribution is -0.0506. The Labute approximate surface area is 99.4 Å². The number of rotatable bonds is 1. The Balaban J connectivity index is 2.72. The normalized spacial score (nSPS) is 21.8. The van der Waals surface area contributed by atoms with E-state index in [1.54, 1.807) is 0 Å². The zero-order valence-electron chi connectivity index (χ0n) is 10.1. The van der Waals surface area contributed by atoms with Crippen LogP contribution in [0.15, 0.2) is 0 Å². The summed E-state index contributed by atoms with van der Waals surface area (Å²) < 4.78 is 59.7. The molecule has 1 rings (SSSR count). The number of nitrogens with zero attached hydrogens (tertiary/aromatic N) is 2. The van der Waals surface area contributed by atoms with Crippen LogP contribution in [0.5, 0.6) is 0 Å². The third kappa shape index (κ3) is 3.11. The quantitative estimate of drug-likeness (QED) is 0.722. The van der Waals surface area contributed by atoms with Crippen molar-refractivity contribution in [2.75, 3.05) is 26.2 Å². The van der Waals surface area contributed by atoms with Gasteiger partial charge in [0.25, 0.3) is 0 Å². The Kier molecular flexibility index (Phi) is 3.81.